The van der Waals surface area contributed by atoms with Crippen LogP contribution in [0.3, 0.4) is 0 Å². The van der Waals surface area contributed by atoms with Gasteiger partial charge in [-0.25, -0.2) is 0 Å². The Bertz CT molecular complexity index is 269. The second kappa shape index (κ2) is 7.32. The first-order chi connectivity index (χ1) is 7.44. The van der Waals surface area contributed by atoms with E-state index in [4.69, 9.17) is 0 Å². The van der Waals surface area contributed by atoms with Gasteiger partial charge in [0.25, 0.3) is 0 Å². The van der Waals surface area contributed by atoms with Gasteiger partial charge in [-0.3, -0.25) is 0 Å². The molecule has 92 valence electrons. The first-order valence-corrected chi connectivity index (χ1v) is 6.16. The van der Waals surface area contributed by atoms with E-state index in [1.165, 1.54) is 18.4 Å². The maximum absolute atomic E-state index is 4.12. The van der Waals surface area contributed by atoms with Crippen LogP contribution in [0.4, 0.5) is 0 Å². The van der Waals surface area contributed by atoms with E-state index < -0.39 is 0 Å². The molecular formula is C15H27N. The minimum absolute atomic E-state index is 0.193. The zero-order valence-electron chi connectivity index (χ0n) is 11.6. The van der Waals surface area contributed by atoms with Crippen molar-refractivity contribution in [2.24, 2.45) is 5.41 Å². The van der Waals surface area contributed by atoms with E-state index >= 15 is 0 Å². The average Bonchev–Trinajstić information content (AvgIpc) is 2.23. The van der Waals surface area contributed by atoms with E-state index in [-0.39, 0.29) is 5.41 Å². The summed E-state index contributed by atoms with van der Waals surface area (Å²) in [6, 6.07) is 0. The van der Waals surface area contributed by atoms with Crippen LogP contribution in [-0.2, 0) is 0 Å². The predicted octanol–water partition coefficient (Wildman–Crippen LogP) is 4.44. The molecule has 0 fully saturated rings. The highest BCUT2D eigenvalue weighted by Gasteiger charge is 2.19. The second-order valence-corrected chi connectivity index (χ2v) is 4.93. The van der Waals surface area contributed by atoms with Gasteiger partial charge in [-0.05, 0) is 20.3 Å². The fourth-order valence-electron chi connectivity index (χ4n) is 1.54. The molecule has 0 unspecified atom stereocenters. The third-order valence-electron chi connectivity index (χ3n) is 2.96. The lowest BCUT2D eigenvalue weighted by Crippen LogP contribution is -2.26. The van der Waals surface area contributed by atoms with Crippen LogP contribution in [0.15, 0.2) is 36.1 Å². The molecule has 0 aromatic heterocycles. The number of hydrogen-bond donors (Lipinski definition) is 1. The maximum atomic E-state index is 4.12. The van der Waals surface area contributed by atoms with Gasteiger partial charge in [0.05, 0.1) is 0 Å². The largest absolute Gasteiger partial charge is 0.385 e. The Balaban J connectivity index is 4.03. The summed E-state index contributed by atoms with van der Waals surface area (Å²) in [7, 11) is 0. The van der Waals surface area contributed by atoms with E-state index in [1.54, 1.807) is 0 Å². The summed E-state index contributed by atoms with van der Waals surface area (Å²) >= 11 is 0. The van der Waals surface area contributed by atoms with Crippen LogP contribution in [0.1, 0.15) is 47.5 Å². The van der Waals surface area contributed by atoms with Crippen molar-refractivity contribution in [3.05, 3.63) is 36.1 Å². The lowest BCUT2D eigenvalue weighted by atomic mass is 9.85. The van der Waals surface area contributed by atoms with Gasteiger partial charge in [0.15, 0.2) is 0 Å². The van der Waals surface area contributed by atoms with Crippen LogP contribution in [0.25, 0.3) is 0 Å². The van der Waals surface area contributed by atoms with Crippen molar-refractivity contribution in [1.29, 1.82) is 0 Å². The Morgan fingerprint density at radius 2 is 2.00 bits per heavy atom. The summed E-state index contributed by atoms with van der Waals surface area (Å²) in [5, 5.41) is 3.38. The molecule has 0 aromatic rings. The highest BCUT2D eigenvalue weighted by Crippen LogP contribution is 2.28. The van der Waals surface area contributed by atoms with E-state index in [9.17, 15) is 0 Å². The van der Waals surface area contributed by atoms with Crippen molar-refractivity contribution in [3.63, 3.8) is 0 Å². The van der Waals surface area contributed by atoms with Crippen molar-refractivity contribution in [2.75, 3.05) is 6.54 Å². The molecule has 0 bridgehead atoms. The maximum Gasteiger partial charge on any atom is 0.0330 e. The van der Waals surface area contributed by atoms with Crippen molar-refractivity contribution in [1.82, 2.24) is 5.32 Å². The lowest BCUT2D eigenvalue weighted by molar-refractivity contribution is 0.381. The topological polar surface area (TPSA) is 12.0 Å². The first kappa shape index (κ1) is 15.0. The molecule has 0 rings (SSSR count). The smallest absolute Gasteiger partial charge is 0.0330 e. The summed E-state index contributed by atoms with van der Waals surface area (Å²) in [6.07, 6.45) is 8.75. The predicted molar refractivity (Wildman–Crippen MR) is 74.4 cm³/mol. The first-order valence-electron chi connectivity index (χ1n) is 6.16. The molecule has 0 amide bonds. The SMILES string of the molecule is C=C(NC/C=C\C(C)=C/C)C(C)(C)CCC. The molecular weight excluding hydrogens is 194 g/mol. The van der Waals surface area contributed by atoms with E-state index in [0.29, 0.717) is 0 Å². The van der Waals surface area contributed by atoms with E-state index in [0.717, 1.165) is 12.2 Å². The van der Waals surface area contributed by atoms with Gasteiger partial charge in [0, 0.05) is 17.7 Å². The van der Waals surface area contributed by atoms with Crippen molar-refractivity contribution in [2.45, 2.75) is 47.5 Å². The van der Waals surface area contributed by atoms with Gasteiger partial charge in [-0.15, -0.1) is 0 Å². The highest BCUT2D eigenvalue weighted by molar-refractivity contribution is 5.16. The number of hydrogen-bond acceptors (Lipinski definition) is 1. The van der Waals surface area contributed by atoms with Crippen molar-refractivity contribution in [3.8, 4) is 0 Å². The Morgan fingerprint density at radius 3 is 2.50 bits per heavy atom. The van der Waals surface area contributed by atoms with Gasteiger partial charge in [-0.1, -0.05) is 57.6 Å². The van der Waals surface area contributed by atoms with Crippen molar-refractivity contribution >= 4 is 0 Å². The Kier molecular flexibility index (Phi) is 6.87. The molecule has 0 aromatic carbocycles. The van der Waals surface area contributed by atoms with Gasteiger partial charge < -0.3 is 5.32 Å². The third kappa shape index (κ3) is 5.79. The van der Waals surface area contributed by atoms with Crippen LogP contribution >= 0.6 is 0 Å². The molecule has 0 saturated heterocycles. The summed E-state index contributed by atoms with van der Waals surface area (Å²) in [4.78, 5) is 0. The zero-order valence-corrected chi connectivity index (χ0v) is 11.6. The number of nitrogens with one attached hydrogen (secondary N) is 1. The molecule has 0 saturated carbocycles. The van der Waals surface area contributed by atoms with E-state index in [2.05, 4.69) is 64.7 Å². The van der Waals surface area contributed by atoms with Gasteiger partial charge >= 0.3 is 0 Å². The molecule has 1 nitrogen and oxygen atoms in total. The highest BCUT2D eigenvalue weighted by atomic mass is 14.9. The fourth-order valence-corrected chi connectivity index (χ4v) is 1.54. The molecule has 0 radical (unpaired) electrons. The quantitative estimate of drug-likeness (QED) is 0.627. The normalized spacial score (nSPS) is 13.2. The average molecular weight is 221 g/mol. The Labute approximate surface area is 101 Å². The molecule has 16 heavy (non-hydrogen) atoms. The molecule has 0 atom stereocenters. The number of allylic oxidation sites excluding steroid dienone is 4. The second-order valence-electron chi connectivity index (χ2n) is 4.93. The Morgan fingerprint density at radius 1 is 1.38 bits per heavy atom. The summed E-state index contributed by atoms with van der Waals surface area (Å²) in [5.74, 6) is 0. The summed E-state index contributed by atoms with van der Waals surface area (Å²) < 4.78 is 0. The molecule has 0 aliphatic rings. The van der Waals surface area contributed by atoms with Crippen LogP contribution in [0.2, 0.25) is 0 Å². The van der Waals surface area contributed by atoms with Crippen LogP contribution in [-0.4, -0.2) is 6.54 Å². The summed E-state index contributed by atoms with van der Waals surface area (Å²) in [5.41, 5.74) is 2.62. The Hall–Kier alpha value is -0.980. The summed E-state index contributed by atoms with van der Waals surface area (Å²) in [6.45, 7) is 15.8. The zero-order chi connectivity index (χ0) is 12.6. The van der Waals surface area contributed by atoms with Gasteiger partial charge in [0.1, 0.15) is 0 Å². The molecule has 0 aliphatic heterocycles. The number of rotatable bonds is 7. The van der Waals surface area contributed by atoms with Crippen LogP contribution in [0.5, 0.6) is 0 Å². The molecule has 0 heterocycles. The standard InChI is InChI=1S/C15H27N/c1-7-11-15(5,6)14(4)16-12-9-10-13(3)8-2/h8-10,16H,4,7,11-12H2,1-3,5-6H3/b10-9-,13-8-. The fraction of sp³-hybridized carbons (Fsp3) is 0.600. The molecule has 0 spiro atoms. The van der Waals surface area contributed by atoms with Crippen LogP contribution in [0, 0.1) is 5.41 Å². The molecule has 0 aliphatic carbocycles. The minimum Gasteiger partial charge on any atom is -0.385 e. The van der Waals surface area contributed by atoms with Gasteiger partial charge in [0.2, 0.25) is 0 Å². The minimum atomic E-state index is 0.193. The lowest BCUT2D eigenvalue weighted by Gasteiger charge is -2.27. The molecule has 1 N–H and O–H groups in total. The third-order valence-corrected chi connectivity index (χ3v) is 2.96. The monoisotopic (exact) mass is 221 g/mol. The van der Waals surface area contributed by atoms with Crippen LogP contribution < -0.4 is 5.32 Å². The van der Waals surface area contributed by atoms with Crippen molar-refractivity contribution < 1.29 is 0 Å². The van der Waals surface area contributed by atoms with E-state index in [1.807, 2.05) is 0 Å². The van der Waals surface area contributed by atoms with Gasteiger partial charge in [-0.2, -0.15) is 0 Å². The molecule has 1 heteroatoms.